The lowest BCUT2D eigenvalue weighted by Crippen LogP contribution is -2.12. The summed E-state index contributed by atoms with van der Waals surface area (Å²) in [4.78, 5) is 24.1. The third-order valence-corrected chi connectivity index (χ3v) is 4.52. The van der Waals surface area contributed by atoms with Crippen LogP contribution in [0.5, 0.6) is 0 Å². The Morgan fingerprint density at radius 1 is 1.29 bits per heavy atom. The molecule has 0 unspecified atom stereocenters. The number of hydrogen-bond donors (Lipinski definition) is 2. The predicted octanol–water partition coefficient (Wildman–Crippen LogP) is 4.17. The minimum Gasteiger partial charge on any atom is -0.478 e. The summed E-state index contributed by atoms with van der Waals surface area (Å²) in [5.41, 5.74) is 0.628. The number of carbonyl (C=O) groups excluding carboxylic acids is 1. The van der Waals surface area contributed by atoms with Crippen molar-refractivity contribution in [2.24, 2.45) is 0 Å². The van der Waals surface area contributed by atoms with Gasteiger partial charge >= 0.3 is 5.97 Å². The fourth-order valence-electron chi connectivity index (χ4n) is 1.87. The quantitative estimate of drug-likeness (QED) is 0.804. The fraction of sp³-hybridized carbons (Fsp3) is 0.200. The Kier molecular flexibility index (Phi) is 5.52. The van der Waals surface area contributed by atoms with Crippen LogP contribution in [0.15, 0.2) is 40.2 Å². The molecule has 0 saturated carbocycles. The first-order valence-electron chi connectivity index (χ1n) is 6.41. The summed E-state index contributed by atoms with van der Waals surface area (Å²) in [6.45, 7) is 0. The van der Waals surface area contributed by atoms with E-state index in [1.54, 1.807) is 23.5 Å². The van der Waals surface area contributed by atoms with Gasteiger partial charge in [-0.1, -0.05) is 6.07 Å². The second-order valence-corrected chi connectivity index (χ2v) is 6.37. The van der Waals surface area contributed by atoms with Gasteiger partial charge in [-0.05, 0) is 58.4 Å². The van der Waals surface area contributed by atoms with Gasteiger partial charge in [-0.3, -0.25) is 4.79 Å². The van der Waals surface area contributed by atoms with Crippen LogP contribution in [0, 0.1) is 0 Å². The van der Waals surface area contributed by atoms with Crippen molar-refractivity contribution in [3.63, 3.8) is 0 Å². The van der Waals surface area contributed by atoms with Crippen LogP contribution in [-0.4, -0.2) is 17.0 Å². The maximum absolute atomic E-state index is 11.8. The number of carbonyl (C=O) groups is 2. The summed E-state index contributed by atoms with van der Waals surface area (Å²) in [5.74, 6) is -1.14. The Balaban J connectivity index is 1.87. The lowest BCUT2D eigenvalue weighted by atomic mass is 10.2. The van der Waals surface area contributed by atoms with E-state index in [1.807, 2.05) is 11.4 Å². The molecular weight excluding hydrogens is 354 g/mol. The second-order valence-electron chi connectivity index (χ2n) is 4.48. The summed E-state index contributed by atoms with van der Waals surface area (Å²) in [6.07, 6.45) is 2.07. The summed E-state index contributed by atoms with van der Waals surface area (Å²) in [7, 11) is 0. The minimum atomic E-state index is -1.03. The topological polar surface area (TPSA) is 66.4 Å². The molecule has 0 radical (unpaired) electrons. The molecule has 1 amide bonds. The van der Waals surface area contributed by atoms with Gasteiger partial charge in [0.15, 0.2) is 0 Å². The van der Waals surface area contributed by atoms with Gasteiger partial charge in [0.05, 0.1) is 5.56 Å². The van der Waals surface area contributed by atoms with E-state index in [0.29, 0.717) is 16.6 Å². The van der Waals surface area contributed by atoms with Gasteiger partial charge < -0.3 is 10.4 Å². The summed E-state index contributed by atoms with van der Waals surface area (Å²) in [5, 5.41) is 13.8. The highest BCUT2D eigenvalue weighted by atomic mass is 79.9. The molecule has 1 heterocycles. The van der Waals surface area contributed by atoms with E-state index < -0.39 is 5.97 Å². The molecule has 0 fully saturated rings. The number of aryl methyl sites for hydroxylation is 1. The zero-order chi connectivity index (χ0) is 15.2. The highest BCUT2D eigenvalue weighted by Gasteiger charge is 2.10. The molecule has 0 bridgehead atoms. The molecule has 1 aromatic heterocycles. The van der Waals surface area contributed by atoms with Crippen LogP contribution < -0.4 is 5.32 Å². The van der Waals surface area contributed by atoms with Gasteiger partial charge in [-0.25, -0.2) is 4.79 Å². The highest BCUT2D eigenvalue weighted by Crippen LogP contribution is 2.21. The number of halogens is 1. The highest BCUT2D eigenvalue weighted by molar-refractivity contribution is 9.10. The Labute approximate surface area is 134 Å². The van der Waals surface area contributed by atoms with Crippen molar-refractivity contribution in [1.29, 1.82) is 0 Å². The first-order chi connectivity index (χ1) is 10.1. The Morgan fingerprint density at radius 2 is 2.10 bits per heavy atom. The van der Waals surface area contributed by atoms with Crippen LogP contribution in [0.3, 0.4) is 0 Å². The zero-order valence-electron chi connectivity index (χ0n) is 11.1. The molecule has 110 valence electrons. The molecule has 0 atom stereocenters. The SMILES string of the molecule is O=C(CCCc1cccs1)Nc1ccc(Br)c(C(=O)O)c1. The standard InChI is InChI=1S/C15H14BrNO3S/c16-13-7-6-10(9-12(13)15(19)20)17-14(18)5-1-3-11-4-2-8-21-11/h2,4,6-9H,1,3,5H2,(H,17,18)(H,19,20). The molecule has 4 nitrogen and oxygen atoms in total. The summed E-state index contributed by atoms with van der Waals surface area (Å²) < 4.78 is 0.491. The van der Waals surface area contributed by atoms with Gasteiger partial charge in [-0.2, -0.15) is 0 Å². The van der Waals surface area contributed by atoms with Crippen LogP contribution in [0.1, 0.15) is 28.1 Å². The van der Waals surface area contributed by atoms with Crippen LogP contribution >= 0.6 is 27.3 Å². The first-order valence-corrected chi connectivity index (χ1v) is 8.08. The van der Waals surface area contributed by atoms with Crippen molar-refractivity contribution in [3.05, 3.63) is 50.6 Å². The predicted molar refractivity (Wildman–Crippen MR) is 87.0 cm³/mol. The van der Waals surface area contributed by atoms with Crippen molar-refractivity contribution >= 4 is 44.8 Å². The summed E-state index contributed by atoms with van der Waals surface area (Å²) in [6, 6.07) is 8.79. The van der Waals surface area contributed by atoms with Crippen molar-refractivity contribution in [3.8, 4) is 0 Å². The van der Waals surface area contributed by atoms with Crippen molar-refractivity contribution in [1.82, 2.24) is 0 Å². The molecule has 0 spiro atoms. The van der Waals surface area contributed by atoms with Gasteiger partial charge in [0.2, 0.25) is 5.91 Å². The van der Waals surface area contributed by atoms with Crippen molar-refractivity contribution in [2.45, 2.75) is 19.3 Å². The van der Waals surface area contributed by atoms with E-state index in [4.69, 9.17) is 5.11 Å². The average Bonchev–Trinajstić information content (AvgIpc) is 2.94. The molecule has 2 aromatic rings. The number of anilines is 1. The monoisotopic (exact) mass is 367 g/mol. The second kappa shape index (κ2) is 7.38. The minimum absolute atomic E-state index is 0.106. The molecule has 21 heavy (non-hydrogen) atoms. The number of benzene rings is 1. The Hall–Kier alpha value is -1.66. The molecule has 2 N–H and O–H groups in total. The zero-order valence-corrected chi connectivity index (χ0v) is 13.5. The lowest BCUT2D eigenvalue weighted by molar-refractivity contribution is -0.116. The van der Waals surface area contributed by atoms with E-state index >= 15 is 0 Å². The van der Waals surface area contributed by atoms with E-state index in [2.05, 4.69) is 27.3 Å². The van der Waals surface area contributed by atoms with E-state index in [1.165, 1.54) is 10.9 Å². The van der Waals surface area contributed by atoms with Crippen LogP contribution in [-0.2, 0) is 11.2 Å². The third kappa shape index (κ3) is 4.68. The Bertz CT molecular complexity index is 640. The van der Waals surface area contributed by atoms with Crippen LogP contribution in [0.25, 0.3) is 0 Å². The molecule has 0 aliphatic heterocycles. The maximum atomic E-state index is 11.8. The first kappa shape index (κ1) is 15.7. The van der Waals surface area contributed by atoms with Gasteiger partial charge in [0.1, 0.15) is 0 Å². The van der Waals surface area contributed by atoms with Gasteiger partial charge in [0, 0.05) is 21.5 Å². The number of carboxylic acids is 1. The fourth-order valence-corrected chi connectivity index (χ4v) is 3.04. The van der Waals surface area contributed by atoms with Crippen LogP contribution in [0.2, 0.25) is 0 Å². The molecule has 6 heteroatoms. The van der Waals surface area contributed by atoms with E-state index in [-0.39, 0.29) is 11.5 Å². The molecular formula is C15H14BrNO3S. The van der Waals surface area contributed by atoms with Gasteiger partial charge in [-0.15, -0.1) is 11.3 Å². The number of hydrogen-bond acceptors (Lipinski definition) is 3. The Morgan fingerprint density at radius 3 is 2.76 bits per heavy atom. The molecule has 2 rings (SSSR count). The molecule has 0 aliphatic rings. The number of nitrogens with one attached hydrogen (secondary N) is 1. The van der Waals surface area contributed by atoms with Crippen molar-refractivity contribution in [2.75, 3.05) is 5.32 Å². The van der Waals surface area contributed by atoms with Crippen LogP contribution in [0.4, 0.5) is 5.69 Å². The largest absolute Gasteiger partial charge is 0.478 e. The smallest absolute Gasteiger partial charge is 0.336 e. The number of thiophene rings is 1. The van der Waals surface area contributed by atoms with Crippen molar-refractivity contribution < 1.29 is 14.7 Å². The maximum Gasteiger partial charge on any atom is 0.336 e. The normalized spacial score (nSPS) is 10.3. The molecule has 0 aliphatic carbocycles. The number of rotatable bonds is 6. The van der Waals surface area contributed by atoms with E-state index in [9.17, 15) is 9.59 Å². The summed E-state index contributed by atoms with van der Waals surface area (Å²) >= 11 is 4.85. The van der Waals surface area contributed by atoms with Gasteiger partial charge in [0.25, 0.3) is 0 Å². The van der Waals surface area contributed by atoms with E-state index in [0.717, 1.165) is 12.8 Å². The molecule has 1 aromatic carbocycles. The molecule has 0 saturated heterocycles. The lowest BCUT2D eigenvalue weighted by Gasteiger charge is -2.07. The third-order valence-electron chi connectivity index (χ3n) is 2.89. The number of carboxylic acid groups (broad SMARTS) is 1. The number of aromatic carboxylic acids is 1. The number of amides is 1. The average molecular weight is 368 g/mol.